The summed E-state index contributed by atoms with van der Waals surface area (Å²) in [7, 11) is 0. The standard InChI is InChI=1S/C13H17N5O/c1-13(2,10-14)5-3-4-7-18-12(19)17-8-6-15-9-11(17)16-18/h6,8-9H,3-5,7H2,1-2H3. The fourth-order valence-corrected chi connectivity index (χ4v) is 1.91. The highest BCUT2D eigenvalue weighted by Crippen LogP contribution is 2.21. The Morgan fingerprint density at radius 3 is 2.89 bits per heavy atom. The molecule has 19 heavy (non-hydrogen) atoms. The smallest absolute Gasteiger partial charge is 0.259 e. The van der Waals surface area contributed by atoms with Gasteiger partial charge in [0.05, 0.1) is 17.7 Å². The Balaban J connectivity index is 1.98. The number of unbranched alkanes of at least 4 members (excludes halogenated alkanes) is 1. The molecule has 0 bridgehead atoms. The molecule has 2 aromatic rings. The van der Waals surface area contributed by atoms with E-state index in [-0.39, 0.29) is 11.1 Å². The van der Waals surface area contributed by atoms with Gasteiger partial charge >= 0.3 is 5.69 Å². The number of fused-ring (bicyclic) bond motifs is 1. The first-order chi connectivity index (χ1) is 9.03. The van der Waals surface area contributed by atoms with Crippen LogP contribution in [0, 0.1) is 16.7 Å². The second kappa shape index (κ2) is 5.22. The summed E-state index contributed by atoms with van der Waals surface area (Å²) in [6, 6.07) is 2.28. The number of aryl methyl sites for hydroxylation is 1. The van der Waals surface area contributed by atoms with Crippen molar-refractivity contribution in [1.82, 2.24) is 19.2 Å². The zero-order valence-electron chi connectivity index (χ0n) is 11.2. The minimum absolute atomic E-state index is 0.142. The maximum Gasteiger partial charge on any atom is 0.350 e. The summed E-state index contributed by atoms with van der Waals surface area (Å²) in [5, 5.41) is 13.1. The van der Waals surface area contributed by atoms with Gasteiger partial charge in [0, 0.05) is 18.9 Å². The van der Waals surface area contributed by atoms with Crippen LogP contribution in [0.25, 0.3) is 5.65 Å². The molecule has 2 aromatic heterocycles. The van der Waals surface area contributed by atoms with E-state index in [0.29, 0.717) is 12.2 Å². The molecule has 6 heteroatoms. The zero-order chi connectivity index (χ0) is 13.9. The molecule has 0 saturated heterocycles. The lowest BCUT2D eigenvalue weighted by molar-refractivity contribution is 0.410. The zero-order valence-corrected chi connectivity index (χ0v) is 11.2. The molecule has 0 amide bonds. The third-order valence-electron chi connectivity index (χ3n) is 3.11. The predicted molar refractivity (Wildman–Crippen MR) is 70.5 cm³/mol. The summed E-state index contributed by atoms with van der Waals surface area (Å²) < 4.78 is 2.93. The van der Waals surface area contributed by atoms with Gasteiger partial charge in [-0.25, -0.2) is 13.9 Å². The maximum absolute atomic E-state index is 12.0. The van der Waals surface area contributed by atoms with Gasteiger partial charge < -0.3 is 0 Å². The van der Waals surface area contributed by atoms with E-state index in [1.807, 2.05) is 13.8 Å². The molecular formula is C13H17N5O. The summed E-state index contributed by atoms with van der Waals surface area (Å²) in [6.45, 7) is 4.42. The fraction of sp³-hybridized carbons (Fsp3) is 0.538. The van der Waals surface area contributed by atoms with E-state index in [0.717, 1.165) is 19.3 Å². The molecule has 0 N–H and O–H groups in total. The first-order valence-electron chi connectivity index (χ1n) is 6.34. The van der Waals surface area contributed by atoms with Crippen molar-refractivity contribution in [3.8, 4) is 6.07 Å². The molecular weight excluding hydrogens is 242 g/mol. The normalized spacial score (nSPS) is 11.6. The average Bonchev–Trinajstić information content (AvgIpc) is 2.72. The van der Waals surface area contributed by atoms with Crippen molar-refractivity contribution in [3.63, 3.8) is 0 Å². The number of nitriles is 1. The Bertz CT molecular complexity index is 661. The lowest BCUT2D eigenvalue weighted by Gasteiger charge is -2.13. The van der Waals surface area contributed by atoms with E-state index in [1.165, 1.54) is 9.08 Å². The second-order valence-corrected chi connectivity index (χ2v) is 5.26. The fourth-order valence-electron chi connectivity index (χ4n) is 1.91. The highest BCUT2D eigenvalue weighted by molar-refractivity contribution is 5.31. The summed E-state index contributed by atoms with van der Waals surface area (Å²) >= 11 is 0. The Labute approximate surface area is 111 Å². The maximum atomic E-state index is 12.0. The molecule has 0 spiro atoms. The lowest BCUT2D eigenvalue weighted by Crippen LogP contribution is -2.21. The molecule has 0 atom stereocenters. The topological polar surface area (TPSA) is 76.0 Å². The molecule has 0 saturated carbocycles. The highest BCUT2D eigenvalue weighted by Gasteiger charge is 2.15. The van der Waals surface area contributed by atoms with E-state index >= 15 is 0 Å². The molecule has 0 radical (unpaired) electrons. The van der Waals surface area contributed by atoms with Crippen LogP contribution in [0.1, 0.15) is 33.1 Å². The van der Waals surface area contributed by atoms with Crippen molar-refractivity contribution in [2.45, 2.75) is 39.7 Å². The number of aromatic nitrogens is 4. The average molecular weight is 259 g/mol. The van der Waals surface area contributed by atoms with Gasteiger partial charge in [-0.05, 0) is 26.7 Å². The van der Waals surface area contributed by atoms with Gasteiger partial charge in [0.2, 0.25) is 0 Å². The SMILES string of the molecule is CC(C)(C#N)CCCCn1nc2cnccn2c1=O. The van der Waals surface area contributed by atoms with Gasteiger partial charge in [-0.3, -0.25) is 4.98 Å². The Kier molecular flexibility index (Phi) is 3.65. The van der Waals surface area contributed by atoms with Crippen LogP contribution < -0.4 is 5.69 Å². The first-order valence-corrected chi connectivity index (χ1v) is 6.34. The number of hydrogen-bond donors (Lipinski definition) is 0. The molecule has 0 unspecified atom stereocenters. The Morgan fingerprint density at radius 2 is 2.21 bits per heavy atom. The Morgan fingerprint density at radius 1 is 1.42 bits per heavy atom. The van der Waals surface area contributed by atoms with Crippen LogP contribution in [0.5, 0.6) is 0 Å². The van der Waals surface area contributed by atoms with Gasteiger partial charge in [-0.2, -0.15) is 5.26 Å². The van der Waals surface area contributed by atoms with E-state index in [9.17, 15) is 4.79 Å². The van der Waals surface area contributed by atoms with Gasteiger partial charge in [0.15, 0.2) is 5.65 Å². The van der Waals surface area contributed by atoms with E-state index < -0.39 is 0 Å². The predicted octanol–water partition coefficient (Wildman–Crippen LogP) is 1.61. The molecule has 0 fully saturated rings. The third kappa shape index (κ3) is 2.99. The van der Waals surface area contributed by atoms with Crippen LogP contribution in [-0.4, -0.2) is 19.2 Å². The summed E-state index contributed by atoms with van der Waals surface area (Å²) in [5.41, 5.74) is 0.121. The monoisotopic (exact) mass is 259 g/mol. The largest absolute Gasteiger partial charge is 0.350 e. The van der Waals surface area contributed by atoms with Crippen LogP contribution in [0.15, 0.2) is 23.4 Å². The van der Waals surface area contributed by atoms with Gasteiger partial charge in [0.25, 0.3) is 0 Å². The van der Waals surface area contributed by atoms with Crippen molar-refractivity contribution in [2.24, 2.45) is 5.41 Å². The van der Waals surface area contributed by atoms with Crippen LogP contribution in [0.4, 0.5) is 0 Å². The van der Waals surface area contributed by atoms with Crippen LogP contribution in [0.2, 0.25) is 0 Å². The first kappa shape index (κ1) is 13.3. The molecule has 2 rings (SSSR count). The quantitative estimate of drug-likeness (QED) is 0.764. The van der Waals surface area contributed by atoms with E-state index in [1.54, 1.807) is 18.6 Å². The molecule has 0 aromatic carbocycles. The molecule has 2 heterocycles. The van der Waals surface area contributed by atoms with Crippen LogP contribution in [0.3, 0.4) is 0 Å². The van der Waals surface area contributed by atoms with Gasteiger partial charge in [-0.15, -0.1) is 5.10 Å². The van der Waals surface area contributed by atoms with Gasteiger partial charge in [0.1, 0.15) is 0 Å². The minimum atomic E-state index is -0.298. The summed E-state index contributed by atoms with van der Waals surface area (Å²) in [6.07, 6.45) is 7.31. The summed E-state index contributed by atoms with van der Waals surface area (Å²) in [4.78, 5) is 15.9. The van der Waals surface area contributed by atoms with Crippen molar-refractivity contribution >= 4 is 5.65 Å². The second-order valence-electron chi connectivity index (χ2n) is 5.26. The number of nitrogens with zero attached hydrogens (tertiary/aromatic N) is 5. The van der Waals surface area contributed by atoms with E-state index in [4.69, 9.17) is 5.26 Å². The van der Waals surface area contributed by atoms with E-state index in [2.05, 4.69) is 16.2 Å². The Hall–Kier alpha value is -2.16. The van der Waals surface area contributed by atoms with Crippen molar-refractivity contribution in [2.75, 3.05) is 0 Å². The number of rotatable bonds is 5. The molecule has 6 nitrogen and oxygen atoms in total. The molecule has 0 aliphatic rings. The van der Waals surface area contributed by atoms with Crippen LogP contribution in [-0.2, 0) is 6.54 Å². The molecule has 0 aliphatic carbocycles. The lowest BCUT2D eigenvalue weighted by atomic mass is 9.89. The van der Waals surface area contributed by atoms with Gasteiger partial charge in [-0.1, -0.05) is 6.42 Å². The molecule has 0 aliphatic heterocycles. The highest BCUT2D eigenvalue weighted by atomic mass is 16.2. The van der Waals surface area contributed by atoms with Crippen molar-refractivity contribution in [3.05, 3.63) is 29.1 Å². The molecule has 100 valence electrons. The summed E-state index contributed by atoms with van der Waals surface area (Å²) in [5.74, 6) is 0. The van der Waals surface area contributed by atoms with Crippen molar-refractivity contribution < 1.29 is 0 Å². The number of hydrogen-bond acceptors (Lipinski definition) is 4. The van der Waals surface area contributed by atoms with Crippen molar-refractivity contribution in [1.29, 1.82) is 5.26 Å². The third-order valence-corrected chi connectivity index (χ3v) is 3.11. The minimum Gasteiger partial charge on any atom is -0.259 e. The van der Waals surface area contributed by atoms with Crippen LogP contribution >= 0.6 is 0 Å².